The van der Waals surface area contributed by atoms with Crippen LogP contribution in [0.2, 0.25) is 0 Å². The average Bonchev–Trinajstić information content (AvgIpc) is 3.27. The third kappa shape index (κ3) is 3.57. The van der Waals surface area contributed by atoms with Crippen LogP contribution in [0, 0.1) is 5.41 Å². The molecule has 9 nitrogen and oxygen atoms in total. The van der Waals surface area contributed by atoms with E-state index in [4.69, 9.17) is 9.26 Å². The third-order valence-corrected chi connectivity index (χ3v) is 6.72. The van der Waals surface area contributed by atoms with E-state index in [2.05, 4.69) is 15.0 Å². The number of hydrogen-bond acceptors (Lipinski definition) is 7. The number of aliphatic hydroxyl groups is 1. The van der Waals surface area contributed by atoms with E-state index in [1.54, 1.807) is 23.0 Å². The monoisotopic (exact) mass is 406 g/mol. The van der Waals surface area contributed by atoms with E-state index in [0.29, 0.717) is 36.1 Å². The Morgan fingerprint density at radius 3 is 2.82 bits per heavy atom. The highest BCUT2D eigenvalue weighted by Crippen LogP contribution is 2.42. The number of rotatable bonds is 8. The minimum Gasteiger partial charge on any atom is -0.496 e. The molecule has 0 spiro atoms. The Bertz CT molecular complexity index is 1070. The summed E-state index contributed by atoms with van der Waals surface area (Å²) in [6.07, 6.45) is 5.86. The van der Waals surface area contributed by atoms with Crippen LogP contribution in [0.25, 0.3) is 11.0 Å². The molecule has 0 atom stereocenters. The second-order valence-corrected chi connectivity index (χ2v) is 9.00. The SMILES string of the molecule is COc1cc(Cn2cccn2)cc2onc(NS(=O)(=O)CC3(CO)CCC3)c12. The third-order valence-electron chi connectivity index (χ3n) is 5.22. The molecule has 3 aromatic rings. The molecule has 2 heterocycles. The highest BCUT2D eigenvalue weighted by molar-refractivity contribution is 7.92. The Morgan fingerprint density at radius 1 is 1.39 bits per heavy atom. The first kappa shape index (κ1) is 18.8. The molecule has 1 fully saturated rings. The van der Waals surface area contributed by atoms with Gasteiger partial charge in [-0.3, -0.25) is 9.40 Å². The molecule has 0 radical (unpaired) electrons. The minimum absolute atomic E-state index is 0.0879. The van der Waals surface area contributed by atoms with E-state index in [1.807, 2.05) is 12.3 Å². The van der Waals surface area contributed by atoms with Crippen LogP contribution in [-0.2, 0) is 16.6 Å². The van der Waals surface area contributed by atoms with Crippen LogP contribution in [0.15, 0.2) is 35.1 Å². The summed E-state index contributed by atoms with van der Waals surface area (Å²) in [7, 11) is -2.20. The van der Waals surface area contributed by atoms with Crippen molar-refractivity contribution in [3.8, 4) is 5.75 Å². The van der Waals surface area contributed by atoms with Gasteiger partial charge in [-0.05, 0) is 36.6 Å². The number of fused-ring (bicyclic) bond motifs is 1. The maximum Gasteiger partial charge on any atom is 0.234 e. The molecule has 10 heteroatoms. The van der Waals surface area contributed by atoms with E-state index in [-0.39, 0.29) is 18.2 Å². The van der Waals surface area contributed by atoms with E-state index in [9.17, 15) is 13.5 Å². The lowest BCUT2D eigenvalue weighted by Gasteiger charge is -2.39. The Morgan fingerprint density at radius 2 is 2.21 bits per heavy atom. The summed E-state index contributed by atoms with van der Waals surface area (Å²) in [5.74, 6) is 0.397. The number of anilines is 1. The summed E-state index contributed by atoms with van der Waals surface area (Å²) >= 11 is 0. The van der Waals surface area contributed by atoms with Gasteiger partial charge in [0.25, 0.3) is 0 Å². The Hall–Kier alpha value is -2.59. The smallest absolute Gasteiger partial charge is 0.234 e. The van der Waals surface area contributed by atoms with Gasteiger partial charge in [0.15, 0.2) is 11.4 Å². The second-order valence-electron chi connectivity index (χ2n) is 7.28. The van der Waals surface area contributed by atoms with E-state index in [1.165, 1.54) is 7.11 Å². The topological polar surface area (TPSA) is 119 Å². The molecule has 0 unspecified atom stereocenters. The lowest BCUT2D eigenvalue weighted by Crippen LogP contribution is -2.41. The number of methoxy groups -OCH3 is 1. The second kappa shape index (κ2) is 7.10. The number of aliphatic hydroxyl groups excluding tert-OH is 1. The van der Waals surface area contributed by atoms with Gasteiger partial charge in [0.2, 0.25) is 10.0 Å². The molecular weight excluding hydrogens is 384 g/mol. The maximum atomic E-state index is 12.6. The first-order chi connectivity index (χ1) is 13.4. The number of nitrogens with zero attached hydrogens (tertiary/aromatic N) is 3. The number of sulfonamides is 1. The normalized spacial score (nSPS) is 16.1. The van der Waals surface area contributed by atoms with Gasteiger partial charge < -0.3 is 14.4 Å². The predicted octanol–water partition coefficient (Wildman–Crippen LogP) is 1.99. The number of hydrogen-bond donors (Lipinski definition) is 2. The summed E-state index contributed by atoms with van der Waals surface area (Å²) in [4.78, 5) is 0. The van der Waals surface area contributed by atoms with Gasteiger partial charge in [0.1, 0.15) is 11.1 Å². The number of aromatic nitrogens is 3. The summed E-state index contributed by atoms with van der Waals surface area (Å²) < 4.78 is 40.3. The zero-order valence-corrected chi connectivity index (χ0v) is 16.3. The average molecular weight is 406 g/mol. The van der Waals surface area contributed by atoms with Crippen molar-refractivity contribution in [3.63, 3.8) is 0 Å². The number of ether oxygens (including phenoxy) is 1. The molecule has 150 valence electrons. The van der Waals surface area contributed by atoms with E-state index < -0.39 is 15.4 Å². The maximum absolute atomic E-state index is 12.6. The zero-order valence-electron chi connectivity index (χ0n) is 15.5. The summed E-state index contributed by atoms with van der Waals surface area (Å²) in [6.45, 7) is 0.369. The Balaban J connectivity index is 1.63. The van der Waals surface area contributed by atoms with Crippen LogP contribution in [0.5, 0.6) is 5.75 Å². The standard InChI is InChI=1S/C18H22N4O5S/c1-26-14-8-13(10-22-7-3-6-19-22)9-15-16(14)17(20-27-15)21-28(24,25)12-18(11-23)4-2-5-18/h3,6-9,23H,2,4-5,10-12H2,1H3,(H,20,21). The van der Waals surface area contributed by atoms with E-state index >= 15 is 0 Å². The molecule has 0 amide bonds. The van der Waals surface area contributed by atoms with Crippen molar-refractivity contribution < 1.29 is 22.8 Å². The lowest BCUT2D eigenvalue weighted by molar-refractivity contribution is 0.0668. The molecule has 1 saturated carbocycles. The van der Waals surface area contributed by atoms with Crippen molar-refractivity contribution in [1.82, 2.24) is 14.9 Å². The van der Waals surface area contributed by atoms with Crippen molar-refractivity contribution in [2.45, 2.75) is 25.8 Å². The first-order valence-electron chi connectivity index (χ1n) is 8.99. The highest BCUT2D eigenvalue weighted by atomic mass is 32.2. The fourth-order valence-electron chi connectivity index (χ4n) is 3.60. The predicted molar refractivity (Wildman–Crippen MR) is 103 cm³/mol. The van der Waals surface area contributed by atoms with Crippen molar-refractivity contribution in [3.05, 3.63) is 36.2 Å². The molecule has 1 aliphatic rings. The summed E-state index contributed by atoms with van der Waals surface area (Å²) in [6, 6.07) is 5.42. The lowest BCUT2D eigenvalue weighted by atomic mass is 9.71. The van der Waals surface area contributed by atoms with Crippen molar-refractivity contribution in [1.29, 1.82) is 0 Å². The van der Waals surface area contributed by atoms with Gasteiger partial charge in [-0.1, -0.05) is 11.6 Å². The van der Waals surface area contributed by atoms with Gasteiger partial charge in [0.05, 0.1) is 19.4 Å². The highest BCUT2D eigenvalue weighted by Gasteiger charge is 2.41. The quantitative estimate of drug-likeness (QED) is 0.587. The molecular formula is C18H22N4O5S. The van der Waals surface area contributed by atoms with Gasteiger partial charge >= 0.3 is 0 Å². The molecule has 0 bridgehead atoms. The van der Waals surface area contributed by atoms with Gasteiger partial charge in [-0.15, -0.1) is 0 Å². The Kier molecular flexibility index (Phi) is 4.76. The molecule has 1 aliphatic carbocycles. The number of nitrogens with one attached hydrogen (secondary N) is 1. The van der Waals surface area contributed by atoms with Gasteiger partial charge in [0, 0.05) is 24.4 Å². The minimum atomic E-state index is -3.70. The Labute approximate surface area is 162 Å². The summed E-state index contributed by atoms with van der Waals surface area (Å²) in [5.41, 5.74) is 0.735. The van der Waals surface area contributed by atoms with Crippen LogP contribution < -0.4 is 9.46 Å². The molecule has 0 aliphatic heterocycles. The molecule has 28 heavy (non-hydrogen) atoms. The van der Waals surface area contributed by atoms with Crippen LogP contribution in [0.1, 0.15) is 24.8 Å². The van der Waals surface area contributed by atoms with Crippen LogP contribution in [-0.4, -0.2) is 47.9 Å². The van der Waals surface area contributed by atoms with Crippen LogP contribution >= 0.6 is 0 Å². The van der Waals surface area contributed by atoms with Crippen molar-refractivity contribution in [2.75, 3.05) is 24.2 Å². The summed E-state index contributed by atoms with van der Waals surface area (Å²) in [5, 5.41) is 18.1. The largest absolute Gasteiger partial charge is 0.496 e. The first-order valence-corrected chi connectivity index (χ1v) is 10.6. The van der Waals surface area contributed by atoms with Crippen LogP contribution in [0.3, 0.4) is 0 Å². The molecule has 2 N–H and O–H groups in total. The van der Waals surface area contributed by atoms with E-state index in [0.717, 1.165) is 12.0 Å². The molecule has 4 rings (SSSR count). The van der Waals surface area contributed by atoms with Gasteiger partial charge in [-0.25, -0.2) is 8.42 Å². The fourth-order valence-corrected chi connectivity index (χ4v) is 5.30. The zero-order chi connectivity index (χ0) is 19.8. The van der Waals surface area contributed by atoms with Crippen molar-refractivity contribution >= 4 is 26.8 Å². The van der Waals surface area contributed by atoms with Gasteiger partial charge in [-0.2, -0.15) is 5.10 Å². The molecule has 0 saturated heterocycles. The fraction of sp³-hybridized carbons (Fsp3) is 0.444. The van der Waals surface area contributed by atoms with Crippen LogP contribution in [0.4, 0.5) is 5.82 Å². The number of benzene rings is 1. The molecule has 2 aromatic heterocycles. The molecule has 1 aromatic carbocycles. The van der Waals surface area contributed by atoms with Crippen molar-refractivity contribution in [2.24, 2.45) is 5.41 Å².